The second-order valence-electron chi connectivity index (χ2n) is 2.85. The predicted octanol–water partition coefficient (Wildman–Crippen LogP) is 1.85. The number of hydrogen-bond acceptors (Lipinski definition) is 3. The zero-order chi connectivity index (χ0) is 10.6. The van der Waals surface area contributed by atoms with E-state index >= 15 is 0 Å². The highest BCUT2D eigenvalue weighted by Crippen LogP contribution is 2.22. The first-order valence-electron chi connectivity index (χ1n) is 4.00. The van der Waals surface area contributed by atoms with Crippen LogP contribution in [0.25, 0.3) is 0 Å². The van der Waals surface area contributed by atoms with Crippen LogP contribution in [0.5, 0.6) is 5.75 Å². The minimum absolute atomic E-state index is 0.0758. The molecule has 1 aromatic rings. The molecule has 0 aliphatic rings. The van der Waals surface area contributed by atoms with Crippen LogP contribution in [0.2, 0.25) is 0 Å². The second-order valence-corrected chi connectivity index (χ2v) is 3.51. The Bertz CT molecular complexity index is 309. The maximum absolute atomic E-state index is 10.8. The van der Waals surface area contributed by atoms with E-state index in [0.29, 0.717) is 12.2 Å². The van der Waals surface area contributed by atoms with E-state index in [4.69, 9.17) is 4.89 Å². The summed E-state index contributed by atoms with van der Waals surface area (Å²) in [4.78, 5) is 19.2. The van der Waals surface area contributed by atoms with Gasteiger partial charge in [-0.2, -0.15) is 0 Å². The lowest BCUT2D eigenvalue weighted by Crippen LogP contribution is -1.95. The van der Waals surface area contributed by atoms with Crippen molar-refractivity contribution in [3.8, 4) is 5.75 Å². The highest BCUT2D eigenvalue weighted by atomic mass is 31.1. The molecule has 0 radical (unpaired) electrons. The average molecular weight is 213 g/mol. The van der Waals surface area contributed by atoms with Crippen molar-refractivity contribution in [2.24, 2.45) is 0 Å². The quantitative estimate of drug-likeness (QED) is 0.775. The number of rotatable bonds is 4. The summed E-state index contributed by atoms with van der Waals surface area (Å²) in [6.45, 7) is 1.51. The van der Waals surface area contributed by atoms with E-state index in [1.165, 1.54) is 6.92 Å². The summed E-state index contributed by atoms with van der Waals surface area (Å²) < 4.78 is 14.9. The first-order valence-corrected chi connectivity index (χ1v) is 5.13. The smallest absolute Gasteiger partial charge is 0.300 e. The van der Waals surface area contributed by atoms with Crippen LogP contribution < -0.4 is 4.52 Å². The number of carbonyl (C=O) groups excluding carboxylic acids is 1. The van der Waals surface area contributed by atoms with Gasteiger partial charge in [0.25, 0.3) is 0 Å². The molecule has 0 heterocycles. The van der Waals surface area contributed by atoms with Crippen LogP contribution in [0.1, 0.15) is 12.5 Å². The minimum atomic E-state index is -2.62. The molecule has 1 atom stereocenters. The Hall–Kier alpha value is -1.25. The number of Topliss-reactive ketones (excluding diaryl/α,β-unsaturated/α-hetero) is 1. The van der Waals surface area contributed by atoms with Gasteiger partial charge in [0.05, 0.1) is 0 Å². The van der Waals surface area contributed by atoms with Gasteiger partial charge in [-0.05, 0) is 24.6 Å². The highest BCUT2D eigenvalue weighted by Gasteiger charge is 2.13. The Labute approximate surface area is 82.5 Å². The normalized spacial score (nSPS) is 10.9. The summed E-state index contributed by atoms with van der Waals surface area (Å²) in [6.07, 6.45) is 0.367. The molecule has 0 aromatic heterocycles. The van der Waals surface area contributed by atoms with Crippen LogP contribution in [0, 0.1) is 0 Å². The summed E-state index contributed by atoms with van der Waals surface area (Å²) in [5, 5.41) is 0. The molecule has 0 saturated heterocycles. The van der Waals surface area contributed by atoms with Gasteiger partial charge in [0.2, 0.25) is 0 Å². The van der Waals surface area contributed by atoms with Gasteiger partial charge >= 0.3 is 8.25 Å². The van der Waals surface area contributed by atoms with Crippen LogP contribution in [0.4, 0.5) is 0 Å². The van der Waals surface area contributed by atoms with E-state index in [2.05, 4.69) is 4.52 Å². The fourth-order valence-corrected chi connectivity index (χ4v) is 1.35. The summed E-state index contributed by atoms with van der Waals surface area (Å²) >= 11 is 0. The van der Waals surface area contributed by atoms with Crippen molar-refractivity contribution < 1.29 is 18.8 Å². The molecule has 5 heteroatoms. The first kappa shape index (κ1) is 10.8. The van der Waals surface area contributed by atoms with Gasteiger partial charge in [-0.15, -0.1) is 4.89 Å². The van der Waals surface area contributed by atoms with Gasteiger partial charge in [0.1, 0.15) is 5.78 Å². The Morgan fingerprint density at radius 1 is 1.43 bits per heavy atom. The Kier molecular flexibility index (Phi) is 3.74. The van der Waals surface area contributed by atoms with E-state index in [-0.39, 0.29) is 5.78 Å². The Morgan fingerprint density at radius 3 is 2.43 bits per heavy atom. The van der Waals surface area contributed by atoms with Crippen molar-refractivity contribution in [1.82, 2.24) is 0 Å². The SMILES string of the molecule is CC(=O)Cc1ccc(O[P+](=O)O)cc1. The fourth-order valence-electron chi connectivity index (χ4n) is 1.05. The maximum atomic E-state index is 10.8. The standard InChI is InChI=1S/C9H9O4P/c1-7(10)6-8-2-4-9(5-3-8)13-14(11)12/h2-5H,6H2,1H3/p+1. The van der Waals surface area contributed by atoms with Crippen molar-refractivity contribution in [3.05, 3.63) is 29.8 Å². The van der Waals surface area contributed by atoms with Crippen LogP contribution >= 0.6 is 8.25 Å². The lowest BCUT2D eigenvalue weighted by atomic mass is 10.1. The van der Waals surface area contributed by atoms with E-state index in [9.17, 15) is 9.36 Å². The van der Waals surface area contributed by atoms with Crippen molar-refractivity contribution >= 4 is 14.0 Å². The largest absolute Gasteiger partial charge is 0.747 e. The van der Waals surface area contributed by atoms with Gasteiger partial charge < -0.3 is 0 Å². The maximum Gasteiger partial charge on any atom is 0.747 e. The molecule has 1 aromatic carbocycles. The van der Waals surface area contributed by atoms with Crippen molar-refractivity contribution in [1.29, 1.82) is 0 Å². The zero-order valence-corrected chi connectivity index (χ0v) is 8.53. The first-order chi connectivity index (χ1) is 6.58. The lowest BCUT2D eigenvalue weighted by Gasteiger charge is -1.96. The number of benzene rings is 1. The van der Waals surface area contributed by atoms with Gasteiger partial charge in [-0.3, -0.25) is 4.79 Å². The molecule has 0 amide bonds. The number of hydrogen-bond donors (Lipinski definition) is 1. The molecule has 0 bridgehead atoms. The van der Waals surface area contributed by atoms with Crippen LogP contribution in [-0.4, -0.2) is 10.7 Å². The van der Waals surface area contributed by atoms with Crippen molar-refractivity contribution in [3.63, 3.8) is 0 Å². The molecule has 74 valence electrons. The lowest BCUT2D eigenvalue weighted by molar-refractivity contribution is -0.116. The third-order valence-electron chi connectivity index (χ3n) is 1.56. The number of ketones is 1. The molecule has 0 aliphatic carbocycles. The highest BCUT2D eigenvalue weighted by molar-refractivity contribution is 7.32. The predicted molar refractivity (Wildman–Crippen MR) is 51.3 cm³/mol. The van der Waals surface area contributed by atoms with Crippen LogP contribution in [0.15, 0.2) is 24.3 Å². The molecule has 0 saturated carbocycles. The van der Waals surface area contributed by atoms with Crippen molar-refractivity contribution in [2.45, 2.75) is 13.3 Å². The van der Waals surface area contributed by atoms with E-state index in [1.807, 2.05) is 0 Å². The van der Waals surface area contributed by atoms with Gasteiger partial charge in [0, 0.05) is 11.0 Å². The molecule has 1 rings (SSSR count). The Balaban J connectivity index is 2.68. The molecule has 1 N–H and O–H groups in total. The van der Waals surface area contributed by atoms with E-state index in [1.54, 1.807) is 24.3 Å². The van der Waals surface area contributed by atoms with Crippen LogP contribution in [0.3, 0.4) is 0 Å². The number of carbonyl (C=O) groups is 1. The topological polar surface area (TPSA) is 63.6 Å². The molecule has 0 spiro atoms. The summed E-state index contributed by atoms with van der Waals surface area (Å²) in [6, 6.07) is 6.49. The summed E-state index contributed by atoms with van der Waals surface area (Å²) in [5.74, 6) is 0.396. The summed E-state index contributed by atoms with van der Waals surface area (Å²) in [7, 11) is -2.62. The van der Waals surface area contributed by atoms with E-state index < -0.39 is 8.25 Å². The second kappa shape index (κ2) is 4.84. The third-order valence-corrected chi connectivity index (χ3v) is 1.93. The molecule has 4 nitrogen and oxygen atoms in total. The molecule has 1 unspecified atom stereocenters. The van der Waals surface area contributed by atoms with Gasteiger partial charge in [-0.1, -0.05) is 12.1 Å². The van der Waals surface area contributed by atoms with Crippen LogP contribution in [-0.2, 0) is 15.8 Å². The molecule has 14 heavy (non-hydrogen) atoms. The van der Waals surface area contributed by atoms with Gasteiger partial charge in [-0.25, -0.2) is 4.52 Å². The van der Waals surface area contributed by atoms with Gasteiger partial charge in [0.15, 0.2) is 5.75 Å². The van der Waals surface area contributed by atoms with Crippen molar-refractivity contribution in [2.75, 3.05) is 0 Å². The third kappa shape index (κ3) is 3.64. The molecule has 0 aliphatic heterocycles. The molecule has 0 fully saturated rings. The van der Waals surface area contributed by atoms with E-state index in [0.717, 1.165) is 5.56 Å². The average Bonchev–Trinajstić information content (AvgIpc) is 2.06. The fraction of sp³-hybridized carbons (Fsp3) is 0.222. The Morgan fingerprint density at radius 2 is 2.00 bits per heavy atom. The zero-order valence-electron chi connectivity index (χ0n) is 7.64. The monoisotopic (exact) mass is 213 g/mol. The molecular weight excluding hydrogens is 203 g/mol. The molecular formula is C9H10O4P+. The minimum Gasteiger partial charge on any atom is -0.300 e. The summed E-state index contributed by atoms with van der Waals surface area (Å²) in [5.41, 5.74) is 0.859.